The topological polar surface area (TPSA) is 55.2 Å². The van der Waals surface area contributed by atoms with Crippen molar-refractivity contribution in [2.24, 2.45) is 0 Å². The van der Waals surface area contributed by atoms with Crippen molar-refractivity contribution in [3.63, 3.8) is 0 Å². The van der Waals surface area contributed by atoms with Crippen LogP contribution in [-0.2, 0) is 11.3 Å². The average molecular weight is 221 g/mol. The van der Waals surface area contributed by atoms with Gasteiger partial charge in [0.2, 0.25) is 0 Å². The van der Waals surface area contributed by atoms with E-state index in [0.29, 0.717) is 25.3 Å². The maximum atomic E-state index is 12.0. The van der Waals surface area contributed by atoms with Crippen molar-refractivity contribution in [3.05, 3.63) is 22.7 Å². The third kappa shape index (κ3) is 1.98. The molecule has 1 aliphatic rings. The van der Waals surface area contributed by atoms with Gasteiger partial charge >= 0.3 is 0 Å². The number of anilines is 1. The Bertz CT molecular complexity index is 453. The van der Waals surface area contributed by atoms with Crippen molar-refractivity contribution in [3.8, 4) is 0 Å². The molecule has 86 valence electrons. The molecule has 0 radical (unpaired) electrons. The third-order valence-electron chi connectivity index (χ3n) is 2.79. The molecule has 0 N–H and O–H groups in total. The van der Waals surface area contributed by atoms with E-state index in [2.05, 4.69) is 4.98 Å². The Hall–Kier alpha value is -1.65. The maximum Gasteiger partial charge on any atom is 0.293 e. The Labute approximate surface area is 93.7 Å². The minimum Gasteiger partial charge on any atom is -0.345 e. The standard InChI is InChI=1S/C11H15N3O2/c1-2-13-7-5-12-10(11(13)16)14-6-3-4-9(15)8-14/h5,7H,2-4,6,8H2,1H3. The molecule has 0 atom stereocenters. The molecule has 2 heterocycles. The van der Waals surface area contributed by atoms with Crippen molar-refractivity contribution in [1.82, 2.24) is 9.55 Å². The van der Waals surface area contributed by atoms with Crippen LogP contribution >= 0.6 is 0 Å². The van der Waals surface area contributed by atoms with Crippen LogP contribution in [0.25, 0.3) is 0 Å². The number of aryl methyl sites for hydroxylation is 1. The second-order valence-electron chi connectivity index (χ2n) is 3.91. The molecule has 0 amide bonds. The molecule has 5 heteroatoms. The van der Waals surface area contributed by atoms with Crippen molar-refractivity contribution in [2.75, 3.05) is 18.0 Å². The van der Waals surface area contributed by atoms with Crippen molar-refractivity contribution in [1.29, 1.82) is 0 Å². The van der Waals surface area contributed by atoms with Gasteiger partial charge in [0.1, 0.15) is 0 Å². The lowest BCUT2D eigenvalue weighted by molar-refractivity contribution is -0.118. The lowest BCUT2D eigenvalue weighted by atomic mass is 10.1. The van der Waals surface area contributed by atoms with E-state index in [1.807, 2.05) is 6.92 Å². The van der Waals surface area contributed by atoms with Crippen LogP contribution in [0.15, 0.2) is 17.2 Å². The highest BCUT2D eigenvalue weighted by atomic mass is 16.1. The summed E-state index contributed by atoms with van der Waals surface area (Å²) in [4.78, 5) is 29.2. The van der Waals surface area contributed by atoms with Crippen molar-refractivity contribution in [2.45, 2.75) is 26.3 Å². The van der Waals surface area contributed by atoms with E-state index in [1.165, 1.54) is 0 Å². The number of aromatic nitrogens is 2. The Morgan fingerprint density at radius 2 is 2.25 bits per heavy atom. The molecular formula is C11H15N3O2. The molecule has 0 aliphatic carbocycles. The van der Waals surface area contributed by atoms with Gasteiger partial charge < -0.3 is 9.47 Å². The van der Waals surface area contributed by atoms with Gasteiger partial charge in [0.25, 0.3) is 5.56 Å². The molecule has 5 nitrogen and oxygen atoms in total. The zero-order chi connectivity index (χ0) is 11.5. The third-order valence-corrected chi connectivity index (χ3v) is 2.79. The first-order valence-electron chi connectivity index (χ1n) is 5.54. The number of hydrogen-bond acceptors (Lipinski definition) is 4. The minimum atomic E-state index is -0.111. The number of rotatable bonds is 2. The van der Waals surface area contributed by atoms with Gasteiger partial charge in [-0.15, -0.1) is 0 Å². The molecule has 1 saturated heterocycles. The Morgan fingerprint density at radius 1 is 1.44 bits per heavy atom. The fourth-order valence-electron chi connectivity index (χ4n) is 1.92. The molecule has 0 unspecified atom stereocenters. The zero-order valence-corrected chi connectivity index (χ0v) is 9.35. The predicted molar refractivity (Wildman–Crippen MR) is 60.6 cm³/mol. The highest BCUT2D eigenvalue weighted by Crippen LogP contribution is 2.11. The number of hydrogen-bond donors (Lipinski definition) is 0. The Morgan fingerprint density at radius 3 is 2.94 bits per heavy atom. The van der Waals surface area contributed by atoms with E-state index >= 15 is 0 Å². The second-order valence-corrected chi connectivity index (χ2v) is 3.91. The molecule has 1 aliphatic heterocycles. The van der Waals surface area contributed by atoms with Gasteiger partial charge in [-0.2, -0.15) is 0 Å². The first-order chi connectivity index (χ1) is 7.72. The van der Waals surface area contributed by atoms with Gasteiger partial charge in [0.05, 0.1) is 6.54 Å². The summed E-state index contributed by atoms with van der Waals surface area (Å²) in [7, 11) is 0. The van der Waals surface area contributed by atoms with Gasteiger partial charge in [0.15, 0.2) is 11.6 Å². The van der Waals surface area contributed by atoms with Gasteiger partial charge in [-0.25, -0.2) is 4.98 Å². The zero-order valence-electron chi connectivity index (χ0n) is 9.35. The smallest absolute Gasteiger partial charge is 0.293 e. The first-order valence-corrected chi connectivity index (χ1v) is 5.54. The second kappa shape index (κ2) is 4.47. The Kier molecular flexibility index (Phi) is 3.03. The number of Topliss-reactive ketones (excluding diaryl/α,β-unsaturated/α-hetero) is 1. The van der Waals surface area contributed by atoms with Crippen LogP contribution in [0.5, 0.6) is 0 Å². The summed E-state index contributed by atoms with van der Waals surface area (Å²) in [5, 5.41) is 0. The largest absolute Gasteiger partial charge is 0.345 e. The molecule has 16 heavy (non-hydrogen) atoms. The van der Waals surface area contributed by atoms with Crippen LogP contribution < -0.4 is 10.5 Å². The minimum absolute atomic E-state index is 0.111. The van der Waals surface area contributed by atoms with Crippen LogP contribution in [0.2, 0.25) is 0 Å². The normalized spacial score (nSPS) is 16.6. The molecule has 2 rings (SSSR count). The van der Waals surface area contributed by atoms with Crippen LogP contribution in [0.4, 0.5) is 5.82 Å². The molecule has 1 aromatic rings. The number of nitrogens with zero attached hydrogens (tertiary/aromatic N) is 3. The number of carbonyl (C=O) groups is 1. The van der Waals surface area contributed by atoms with Gasteiger partial charge in [-0.3, -0.25) is 9.59 Å². The predicted octanol–water partition coefficient (Wildman–Crippen LogP) is 0.433. The monoisotopic (exact) mass is 221 g/mol. The van der Waals surface area contributed by atoms with E-state index in [1.54, 1.807) is 21.9 Å². The summed E-state index contributed by atoms with van der Waals surface area (Å²) >= 11 is 0. The van der Waals surface area contributed by atoms with E-state index in [0.717, 1.165) is 13.0 Å². The van der Waals surface area contributed by atoms with Crippen LogP contribution in [0, 0.1) is 0 Å². The van der Waals surface area contributed by atoms with Gasteiger partial charge in [-0.1, -0.05) is 0 Å². The highest BCUT2D eigenvalue weighted by Gasteiger charge is 2.20. The molecule has 0 aromatic carbocycles. The molecular weight excluding hydrogens is 206 g/mol. The van der Waals surface area contributed by atoms with E-state index in [4.69, 9.17) is 0 Å². The molecule has 0 saturated carbocycles. The SMILES string of the molecule is CCn1ccnc(N2CCCC(=O)C2)c1=O. The summed E-state index contributed by atoms with van der Waals surface area (Å²) < 4.78 is 1.60. The van der Waals surface area contributed by atoms with Crippen LogP contribution in [-0.4, -0.2) is 28.4 Å². The fourth-order valence-corrected chi connectivity index (χ4v) is 1.92. The maximum absolute atomic E-state index is 12.0. The summed E-state index contributed by atoms with van der Waals surface area (Å²) in [6, 6.07) is 0. The van der Waals surface area contributed by atoms with Crippen molar-refractivity contribution < 1.29 is 4.79 Å². The number of ketones is 1. The average Bonchev–Trinajstić information content (AvgIpc) is 2.29. The number of piperidine rings is 1. The van der Waals surface area contributed by atoms with Crippen LogP contribution in [0.1, 0.15) is 19.8 Å². The molecule has 1 fully saturated rings. The number of carbonyl (C=O) groups excluding carboxylic acids is 1. The lowest BCUT2D eigenvalue weighted by Gasteiger charge is -2.26. The highest BCUT2D eigenvalue weighted by molar-refractivity contribution is 5.84. The summed E-state index contributed by atoms with van der Waals surface area (Å²) in [6.45, 7) is 3.58. The molecule has 0 bridgehead atoms. The molecule has 0 spiro atoms. The van der Waals surface area contributed by atoms with Crippen molar-refractivity contribution >= 4 is 11.6 Å². The van der Waals surface area contributed by atoms with E-state index < -0.39 is 0 Å². The van der Waals surface area contributed by atoms with Crippen LogP contribution in [0.3, 0.4) is 0 Å². The van der Waals surface area contributed by atoms with E-state index in [-0.39, 0.29) is 11.3 Å². The lowest BCUT2D eigenvalue weighted by Crippen LogP contribution is -2.40. The summed E-state index contributed by atoms with van der Waals surface area (Å²) in [6.07, 6.45) is 4.70. The first kappa shape index (κ1) is 10.9. The fraction of sp³-hybridized carbons (Fsp3) is 0.545. The summed E-state index contributed by atoms with van der Waals surface area (Å²) in [5.41, 5.74) is -0.111. The molecule has 1 aromatic heterocycles. The van der Waals surface area contributed by atoms with E-state index in [9.17, 15) is 9.59 Å². The Balaban J connectivity index is 2.33. The van der Waals surface area contributed by atoms with Gasteiger partial charge in [-0.05, 0) is 13.3 Å². The quantitative estimate of drug-likeness (QED) is 0.727. The van der Waals surface area contributed by atoms with Gasteiger partial charge in [0, 0.05) is 31.9 Å². The summed E-state index contributed by atoms with van der Waals surface area (Å²) in [5.74, 6) is 0.580.